The number of hydrogen-bond acceptors (Lipinski definition) is 2. The van der Waals surface area contributed by atoms with E-state index in [2.05, 4.69) is 4.90 Å². The van der Waals surface area contributed by atoms with Crippen LogP contribution in [-0.2, 0) is 0 Å². The van der Waals surface area contributed by atoms with Crippen molar-refractivity contribution in [2.24, 2.45) is 0 Å². The van der Waals surface area contributed by atoms with Crippen molar-refractivity contribution in [3.63, 3.8) is 0 Å². The molecule has 1 aliphatic rings. The van der Waals surface area contributed by atoms with Crippen molar-refractivity contribution in [3.05, 3.63) is 35.6 Å². The number of rotatable bonds is 3. The monoisotopic (exact) mass is 209 g/mol. The van der Waals surface area contributed by atoms with Gasteiger partial charge in [-0.3, -0.25) is 4.90 Å². The van der Waals surface area contributed by atoms with Gasteiger partial charge in [0.15, 0.2) is 0 Å². The Hall–Kier alpha value is -0.930. The number of aliphatic hydroxyl groups excluding tert-OH is 1. The van der Waals surface area contributed by atoms with Crippen LogP contribution < -0.4 is 0 Å². The molecule has 0 radical (unpaired) electrons. The second kappa shape index (κ2) is 4.73. The lowest BCUT2D eigenvalue weighted by atomic mass is 10.0. The number of β-amino-alcohol motifs (C(OH)–C–C–N with tert-alkyl or cyclic N) is 1. The molecular weight excluding hydrogens is 193 g/mol. The zero-order valence-corrected chi connectivity index (χ0v) is 8.69. The summed E-state index contributed by atoms with van der Waals surface area (Å²) >= 11 is 0. The van der Waals surface area contributed by atoms with E-state index < -0.39 is 0 Å². The lowest BCUT2D eigenvalue weighted by Gasteiger charge is -2.23. The van der Waals surface area contributed by atoms with Crippen molar-refractivity contribution in [2.75, 3.05) is 19.7 Å². The number of likely N-dealkylation sites (tertiary alicyclic amines) is 1. The highest BCUT2D eigenvalue weighted by molar-refractivity contribution is 5.21. The SMILES string of the molecule is OCCN1CCC[C@H]1c1cccc(F)c1. The van der Waals surface area contributed by atoms with Gasteiger partial charge in [0.2, 0.25) is 0 Å². The van der Waals surface area contributed by atoms with Crippen molar-refractivity contribution in [1.82, 2.24) is 4.90 Å². The highest BCUT2D eigenvalue weighted by Gasteiger charge is 2.25. The van der Waals surface area contributed by atoms with Crippen LogP contribution in [0.25, 0.3) is 0 Å². The Morgan fingerprint density at radius 2 is 2.33 bits per heavy atom. The summed E-state index contributed by atoms with van der Waals surface area (Å²) in [7, 11) is 0. The molecule has 82 valence electrons. The van der Waals surface area contributed by atoms with E-state index in [0.717, 1.165) is 24.9 Å². The third-order valence-electron chi connectivity index (χ3n) is 2.98. The third kappa shape index (κ3) is 2.36. The Morgan fingerprint density at radius 3 is 3.07 bits per heavy atom. The van der Waals surface area contributed by atoms with Crippen LogP contribution in [0.3, 0.4) is 0 Å². The van der Waals surface area contributed by atoms with Gasteiger partial charge in [-0.1, -0.05) is 12.1 Å². The Balaban J connectivity index is 2.15. The molecule has 15 heavy (non-hydrogen) atoms. The minimum Gasteiger partial charge on any atom is -0.395 e. The van der Waals surface area contributed by atoms with Crippen LogP contribution in [0.15, 0.2) is 24.3 Å². The predicted molar refractivity (Wildman–Crippen MR) is 57.0 cm³/mol. The molecule has 1 atom stereocenters. The molecule has 0 aliphatic carbocycles. The zero-order chi connectivity index (χ0) is 10.7. The summed E-state index contributed by atoms with van der Waals surface area (Å²) in [5.41, 5.74) is 1.03. The van der Waals surface area contributed by atoms with Gasteiger partial charge < -0.3 is 5.11 Å². The molecule has 1 heterocycles. The Kier molecular flexibility index (Phi) is 3.34. The van der Waals surface area contributed by atoms with Gasteiger partial charge >= 0.3 is 0 Å². The molecule has 0 bridgehead atoms. The Morgan fingerprint density at radius 1 is 1.47 bits per heavy atom. The summed E-state index contributed by atoms with van der Waals surface area (Å²) in [4.78, 5) is 2.22. The van der Waals surface area contributed by atoms with Gasteiger partial charge in [0.05, 0.1) is 6.61 Å². The molecule has 1 N–H and O–H groups in total. The van der Waals surface area contributed by atoms with E-state index in [1.54, 1.807) is 12.1 Å². The fraction of sp³-hybridized carbons (Fsp3) is 0.500. The van der Waals surface area contributed by atoms with Gasteiger partial charge in [0.1, 0.15) is 5.82 Å². The maximum Gasteiger partial charge on any atom is 0.123 e. The number of nitrogens with zero attached hydrogens (tertiary/aromatic N) is 1. The first-order valence-corrected chi connectivity index (χ1v) is 5.41. The average molecular weight is 209 g/mol. The molecule has 1 saturated heterocycles. The molecule has 1 fully saturated rings. The summed E-state index contributed by atoms with van der Waals surface area (Å²) in [6, 6.07) is 7.06. The topological polar surface area (TPSA) is 23.5 Å². The van der Waals surface area contributed by atoms with E-state index in [1.165, 1.54) is 6.07 Å². The molecule has 3 heteroatoms. The van der Waals surface area contributed by atoms with Crippen LogP contribution in [0.1, 0.15) is 24.4 Å². The summed E-state index contributed by atoms with van der Waals surface area (Å²) in [6.07, 6.45) is 2.19. The lowest BCUT2D eigenvalue weighted by molar-refractivity contribution is 0.185. The smallest absolute Gasteiger partial charge is 0.123 e. The lowest BCUT2D eigenvalue weighted by Crippen LogP contribution is -2.26. The van der Waals surface area contributed by atoms with Crippen molar-refractivity contribution in [3.8, 4) is 0 Å². The summed E-state index contributed by atoms with van der Waals surface area (Å²) in [5, 5.41) is 8.93. The largest absolute Gasteiger partial charge is 0.395 e. The van der Waals surface area contributed by atoms with Gasteiger partial charge in [0.25, 0.3) is 0 Å². The fourth-order valence-electron chi connectivity index (χ4n) is 2.31. The quantitative estimate of drug-likeness (QED) is 0.822. The molecule has 0 amide bonds. The molecule has 1 aromatic rings. The molecule has 0 spiro atoms. The first kappa shape index (κ1) is 10.6. The Bertz CT molecular complexity index is 329. The predicted octanol–water partition coefficient (Wildman–Crippen LogP) is 1.95. The highest BCUT2D eigenvalue weighted by atomic mass is 19.1. The number of aliphatic hydroxyl groups is 1. The maximum atomic E-state index is 13.1. The van der Waals surface area contributed by atoms with Crippen LogP contribution in [0, 0.1) is 5.82 Å². The van der Waals surface area contributed by atoms with Crippen LogP contribution >= 0.6 is 0 Å². The molecule has 1 aromatic carbocycles. The van der Waals surface area contributed by atoms with Crippen molar-refractivity contribution in [1.29, 1.82) is 0 Å². The average Bonchev–Trinajstić information content (AvgIpc) is 2.66. The molecule has 2 rings (SSSR count). The third-order valence-corrected chi connectivity index (χ3v) is 2.98. The maximum absolute atomic E-state index is 13.1. The van der Waals surface area contributed by atoms with Crippen LogP contribution in [0.4, 0.5) is 4.39 Å². The molecule has 2 nitrogen and oxygen atoms in total. The van der Waals surface area contributed by atoms with Crippen molar-refractivity contribution >= 4 is 0 Å². The van der Waals surface area contributed by atoms with E-state index in [1.807, 2.05) is 6.07 Å². The summed E-state index contributed by atoms with van der Waals surface area (Å²) in [6.45, 7) is 1.86. The van der Waals surface area contributed by atoms with Crippen molar-refractivity contribution < 1.29 is 9.50 Å². The van der Waals surface area contributed by atoms with Crippen LogP contribution in [0.5, 0.6) is 0 Å². The molecular formula is C12H16FNO. The first-order valence-electron chi connectivity index (χ1n) is 5.41. The summed E-state index contributed by atoms with van der Waals surface area (Å²) < 4.78 is 13.1. The second-order valence-electron chi connectivity index (χ2n) is 3.97. The van der Waals surface area contributed by atoms with Gasteiger partial charge in [-0.2, -0.15) is 0 Å². The highest BCUT2D eigenvalue weighted by Crippen LogP contribution is 2.31. The second-order valence-corrected chi connectivity index (χ2v) is 3.97. The van der Waals surface area contributed by atoms with E-state index in [9.17, 15) is 4.39 Å². The molecule has 0 unspecified atom stereocenters. The minimum atomic E-state index is -0.177. The Labute approximate surface area is 89.3 Å². The van der Waals surface area contributed by atoms with E-state index in [4.69, 9.17) is 5.11 Å². The van der Waals surface area contributed by atoms with Gasteiger partial charge in [-0.05, 0) is 37.1 Å². The first-order chi connectivity index (χ1) is 7.31. The van der Waals surface area contributed by atoms with Gasteiger partial charge in [-0.15, -0.1) is 0 Å². The van der Waals surface area contributed by atoms with Gasteiger partial charge in [-0.25, -0.2) is 4.39 Å². The molecule has 0 saturated carbocycles. The zero-order valence-electron chi connectivity index (χ0n) is 8.69. The normalized spacial score (nSPS) is 22.1. The number of benzene rings is 1. The standard InChI is InChI=1S/C12H16FNO/c13-11-4-1-3-10(9-11)12-5-2-6-14(12)7-8-15/h1,3-4,9,12,15H,2,5-8H2/t12-/m0/s1. The number of hydrogen-bond donors (Lipinski definition) is 1. The van der Waals surface area contributed by atoms with Crippen molar-refractivity contribution in [2.45, 2.75) is 18.9 Å². The molecule has 1 aliphatic heterocycles. The summed E-state index contributed by atoms with van der Waals surface area (Å²) in [5.74, 6) is -0.177. The van der Waals surface area contributed by atoms with Gasteiger partial charge in [0, 0.05) is 12.6 Å². The minimum absolute atomic E-state index is 0.172. The van der Waals surface area contributed by atoms with E-state index >= 15 is 0 Å². The molecule has 0 aromatic heterocycles. The van der Waals surface area contributed by atoms with E-state index in [-0.39, 0.29) is 18.5 Å². The van der Waals surface area contributed by atoms with E-state index in [0.29, 0.717) is 6.54 Å². The van der Waals surface area contributed by atoms with Crippen LogP contribution in [0.2, 0.25) is 0 Å². The fourth-order valence-corrected chi connectivity index (χ4v) is 2.31. The van der Waals surface area contributed by atoms with Crippen LogP contribution in [-0.4, -0.2) is 29.7 Å². The number of halogens is 1.